The molecule has 0 radical (unpaired) electrons. The lowest BCUT2D eigenvalue weighted by atomic mass is 10.1. The van der Waals surface area contributed by atoms with Crippen LogP contribution in [-0.4, -0.2) is 56.3 Å². The number of nitrogens with zero attached hydrogens (tertiary/aromatic N) is 2. The van der Waals surface area contributed by atoms with Crippen molar-refractivity contribution in [3.8, 4) is 17.2 Å². The fourth-order valence-electron chi connectivity index (χ4n) is 4.34. The molecule has 0 fully saturated rings. The largest absolute Gasteiger partial charge is 0.493 e. The predicted molar refractivity (Wildman–Crippen MR) is 116 cm³/mol. The molecule has 0 N–H and O–H groups in total. The summed E-state index contributed by atoms with van der Waals surface area (Å²) in [5, 5.41) is 1.10. The minimum atomic E-state index is 0.0785. The van der Waals surface area contributed by atoms with E-state index in [2.05, 4.69) is 18.0 Å². The van der Waals surface area contributed by atoms with E-state index in [-0.39, 0.29) is 12.7 Å². The smallest absolute Gasteiger partial charge is 0.254 e. The van der Waals surface area contributed by atoms with E-state index in [0.29, 0.717) is 12.3 Å². The molecule has 0 saturated heterocycles. The van der Waals surface area contributed by atoms with Crippen LogP contribution >= 0.6 is 0 Å². The number of likely N-dealkylation sites (N-methyl/N-ethyl adjacent to an activating group) is 1. The summed E-state index contributed by atoms with van der Waals surface area (Å²) in [4.78, 5) is 16.9. The number of amides is 1. The lowest BCUT2D eigenvalue weighted by Crippen LogP contribution is -2.29. The summed E-state index contributed by atoms with van der Waals surface area (Å²) in [5.41, 5.74) is 3.74. The topological polar surface area (TPSA) is 64.4 Å². The quantitative estimate of drug-likeness (QED) is 0.552. The van der Waals surface area contributed by atoms with Crippen LogP contribution in [0.3, 0.4) is 0 Å². The molecule has 3 aromatic rings. The highest BCUT2D eigenvalue weighted by Crippen LogP contribution is 2.38. The van der Waals surface area contributed by atoms with E-state index < -0.39 is 0 Å². The van der Waals surface area contributed by atoms with Gasteiger partial charge in [0.2, 0.25) is 6.79 Å². The fraction of sp³-hybridized carbons (Fsp3) is 0.375. The van der Waals surface area contributed by atoms with Crippen molar-refractivity contribution < 1.29 is 23.4 Å². The fourth-order valence-corrected chi connectivity index (χ4v) is 4.34. The Labute approximate surface area is 181 Å². The molecule has 7 heteroatoms. The predicted octanol–water partition coefficient (Wildman–Crippen LogP) is 3.69. The third-order valence-corrected chi connectivity index (χ3v) is 6.07. The number of para-hydroxylation sites is 1. The molecule has 2 aliphatic heterocycles. The molecule has 31 heavy (non-hydrogen) atoms. The summed E-state index contributed by atoms with van der Waals surface area (Å²) < 4.78 is 21.9. The van der Waals surface area contributed by atoms with Gasteiger partial charge in [-0.1, -0.05) is 12.1 Å². The summed E-state index contributed by atoms with van der Waals surface area (Å²) in [6.45, 7) is 3.43. The number of rotatable bonds is 8. The van der Waals surface area contributed by atoms with Gasteiger partial charge in [0.15, 0.2) is 22.8 Å². The molecular formula is C24H26N2O5. The van der Waals surface area contributed by atoms with Crippen molar-refractivity contribution in [2.75, 3.05) is 40.6 Å². The van der Waals surface area contributed by atoms with E-state index in [0.717, 1.165) is 66.1 Å². The van der Waals surface area contributed by atoms with Gasteiger partial charge in [-0.2, -0.15) is 0 Å². The van der Waals surface area contributed by atoms with Gasteiger partial charge < -0.3 is 28.4 Å². The molecule has 0 saturated carbocycles. The second kappa shape index (κ2) is 8.15. The number of carbonyl (C=O) groups excluding carboxylic acids is 1. The van der Waals surface area contributed by atoms with Crippen molar-refractivity contribution in [3.63, 3.8) is 0 Å². The van der Waals surface area contributed by atoms with Crippen LogP contribution in [0.5, 0.6) is 17.2 Å². The summed E-state index contributed by atoms with van der Waals surface area (Å²) in [6, 6.07) is 9.72. The van der Waals surface area contributed by atoms with Gasteiger partial charge in [-0.15, -0.1) is 0 Å². The average molecular weight is 422 g/mol. The van der Waals surface area contributed by atoms with Crippen molar-refractivity contribution in [2.45, 2.75) is 19.4 Å². The van der Waals surface area contributed by atoms with Gasteiger partial charge in [0.05, 0.1) is 13.4 Å². The second-order valence-electron chi connectivity index (χ2n) is 8.09. The summed E-state index contributed by atoms with van der Waals surface area (Å²) >= 11 is 0. The van der Waals surface area contributed by atoms with E-state index in [1.807, 2.05) is 35.4 Å². The Morgan fingerprint density at radius 3 is 2.84 bits per heavy atom. The highest BCUT2D eigenvalue weighted by molar-refractivity contribution is 5.99. The van der Waals surface area contributed by atoms with E-state index in [4.69, 9.17) is 18.6 Å². The highest BCUT2D eigenvalue weighted by Gasteiger charge is 2.30. The van der Waals surface area contributed by atoms with Crippen LogP contribution in [0.4, 0.5) is 0 Å². The van der Waals surface area contributed by atoms with Gasteiger partial charge in [0.25, 0.3) is 5.91 Å². The van der Waals surface area contributed by atoms with Crippen molar-refractivity contribution in [3.05, 3.63) is 53.3 Å². The van der Waals surface area contributed by atoms with E-state index in [1.54, 1.807) is 7.11 Å². The average Bonchev–Trinajstić information content (AvgIpc) is 3.48. The molecule has 0 spiro atoms. The monoisotopic (exact) mass is 422 g/mol. The van der Waals surface area contributed by atoms with Gasteiger partial charge in [0.1, 0.15) is 0 Å². The molecule has 3 heterocycles. The van der Waals surface area contributed by atoms with Crippen molar-refractivity contribution in [2.24, 2.45) is 0 Å². The molecule has 0 aliphatic carbocycles. The third kappa shape index (κ3) is 3.70. The number of ether oxygens (including phenoxy) is 3. The van der Waals surface area contributed by atoms with Gasteiger partial charge in [0, 0.05) is 30.6 Å². The SMILES string of the molecule is COc1cccc2c(CCN(C)CCCN3Cc4cc5c(cc4C3=O)OCO5)coc12. The standard InChI is InChI=1S/C24H26N2O5/c1-25(10-7-16-14-29-23-18(16)5-3-6-20(23)28-2)8-4-9-26-13-17-11-21-22(31-15-30-21)12-19(17)24(26)27/h3,5-6,11-12,14H,4,7-10,13,15H2,1-2H3. The van der Waals surface area contributed by atoms with Crippen LogP contribution in [-0.2, 0) is 13.0 Å². The summed E-state index contributed by atoms with van der Waals surface area (Å²) in [5.74, 6) is 2.24. The third-order valence-electron chi connectivity index (χ3n) is 6.07. The minimum Gasteiger partial charge on any atom is -0.493 e. The molecule has 7 nitrogen and oxygen atoms in total. The van der Waals surface area contributed by atoms with Crippen LogP contribution in [0.25, 0.3) is 11.0 Å². The zero-order valence-electron chi connectivity index (χ0n) is 17.8. The molecular weight excluding hydrogens is 396 g/mol. The van der Waals surface area contributed by atoms with Crippen LogP contribution in [0, 0.1) is 0 Å². The number of benzene rings is 2. The Kier molecular flexibility index (Phi) is 5.19. The van der Waals surface area contributed by atoms with Gasteiger partial charge in [-0.05, 0) is 55.8 Å². The molecule has 2 aromatic carbocycles. The van der Waals surface area contributed by atoms with Crippen LogP contribution in [0.2, 0.25) is 0 Å². The Hall–Kier alpha value is -3.19. The molecule has 1 aromatic heterocycles. The first-order valence-corrected chi connectivity index (χ1v) is 10.6. The lowest BCUT2D eigenvalue weighted by Gasteiger charge is -2.20. The maximum Gasteiger partial charge on any atom is 0.254 e. The molecule has 0 atom stereocenters. The maximum absolute atomic E-state index is 12.7. The molecule has 5 rings (SSSR count). The Bertz CT molecular complexity index is 1120. The number of fused-ring (bicyclic) bond motifs is 3. The molecule has 2 aliphatic rings. The summed E-state index contributed by atoms with van der Waals surface area (Å²) in [7, 11) is 3.77. The van der Waals surface area contributed by atoms with Gasteiger partial charge >= 0.3 is 0 Å². The summed E-state index contributed by atoms with van der Waals surface area (Å²) in [6.07, 6.45) is 3.64. The van der Waals surface area contributed by atoms with E-state index >= 15 is 0 Å². The molecule has 162 valence electrons. The number of hydrogen-bond donors (Lipinski definition) is 0. The van der Waals surface area contributed by atoms with Crippen molar-refractivity contribution in [1.82, 2.24) is 9.80 Å². The van der Waals surface area contributed by atoms with Gasteiger partial charge in [-0.3, -0.25) is 4.79 Å². The van der Waals surface area contributed by atoms with Crippen molar-refractivity contribution in [1.29, 1.82) is 0 Å². The molecule has 0 unspecified atom stereocenters. The van der Waals surface area contributed by atoms with Gasteiger partial charge in [-0.25, -0.2) is 0 Å². The number of furan rings is 1. The zero-order valence-corrected chi connectivity index (χ0v) is 17.8. The molecule has 1 amide bonds. The van der Waals surface area contributed by atoms with Crippen LogP contribution < -0.4 is 14.2 Å². The number of hydrogen-bond acceptors (Lipinski definition) is 6. The lowest BCUT2D eigenvalue weighted by molar-refractivity contribution is 0.0771. The van der Waals surface area contributed by atoms with Crippen LogP contribution in [0.15, 0.2) is 41.0 Å². The Morgan fingerprint density at radius 2 is 2.00 bits per heavy atom. The molecule has 0 bridgehead atoms. The number of methoxy groups -OCH3 is 1. The van der Waals surface area contributed by atoms with E-state index in [1.165, 1.54) is 5.56 Å². The normalized spacial score (nSPS) is 14.7. The number of carbonyl (C=O) groups is 1. The Morgan fingerprint density at radius 1 is 1.16 bits per heavy atom. The first kappa shape index (κ1) is 19.8. The van der Waals surface area contributed by atoms with Crippen molar-refractivity contribution >= 4 is 16.9 Å². The highest BCUT2D eigenvalue weighted by atomic mass is 16.7. The Balaban J connectivity index is 1.12. The first-order valence-electron chi connectivity index (χ1n) is 10.6. The van der Waals surface area contributed by atoms with Crippen LogP contribution in [0.1, 0.15) is 27.9 Å². The maximum atomic E-state index is 12.7. The first-order chi connectivity index (χ1) is 15.1. The zero-order chi connectivity index (χ0) is 21.4. The minimum absolute atomic E-state index is 0.0785. The second-order valence-corrected chi connectivity index (χ2v) is 8.09. The van der Waals surface area contributed by atoms with E-state index in [9.17, 15) is 4.79 Å².